The maximum atomic E-state index is 12.6. The number of nitrogens with zero attached hydrogens (tertiary/aromatic N) is 2. The average molecular weight is 372 g/mol. The summed E-state index contributed by atoms with van der Waals surface area (Å²) in [6, 6.07) is 17.8. The molecule has 1 aliphatic rings. The number of nitriles is 1. The topological polar surface area (TPSA) is 96.3 Å². The number of amides is 1. The van der Waals surface area contributed by atoms with E-state index in [2.05, 4.69) is 21.7 Å². The molecule has 3 aromatic rings. The summed E-state index contributed by atoms with van der Waals surface area (Å²) in [6.07, 6.45) is 1.55. The molecule has 0 aliphatic carbocycles. The highest BCUT2D eigenvalue weighted by atomic mass is 16.6. The van der Waals surface area contributed by atoms with Gasteiger partial charge in [-0.3, -0.25) is 9.78 Å². The molecule has 1 amide bonds. The van der Waals surface area contributed by atoms with Crippen molar-refractivity contribution in [1.82, 2.24) is 4.98 Å². The molecule has 28 heavy (non-hydrogen) atoms. The van der Waals surface area contributed by atoms with E-state index in [0.29, 0.717) is 41.7 Å². The van der Waals surface area contributed by atoms with Gasteiger partial charge >= 0.3 is 0 Å². The first-order valence-corrected chi connectivity index (χ1v) is 8.65. The van der Waals surface area contributed by atoms with Crippen molar-refractivity contribution in [3.8, 4) is 17.6 Å². The molecule has 0 radical (unpaired) electrons. The van der Waals surface area contributed by atoms with Gasteiger partial charge < -0.3 is 20.1 Å². The molecule has 0 spiro atoms. The van der Waals surface area contributed by atoms with Crippen molar-refractivity contribution in [2.45, 2.75) is 0 Å². The van der Waals surface area contributed by atoms with Gasteiger partial charge in [-0.25, -0.2) is 0 Å². The molecule has 0 saturated carbocycles. The summed E-state index contributed by atoms with van der Waals surface area (Å²) in [5.74, 6) is 0.920. The fourth-order valence-electron chi connectivity index (χ4n) is 2.78. The van der Waals surface area contributed by atoms with Crippen LogP contribution in [0.1, 0.15) is 16.1 Å². The van der Waals surface area contributed by atoms with Crippen LogP contribution in [0.4, 0.5) is 17.1 Å². The molecule has 4 rings (SSSR count). The van der Waals surface area contributed by atoms with Crippen LogP contribution in [0.15, 0.2) is 60.8 Å². The highest BCUT2D eigenvalue weighted by Crippen LogP contribution is 2.32. The number of hydrogen-bond acceptors (Lipinski definition) is 6. The highest BCUT2D eigenvalue weighted by Gasteiger charge is 2.14. The second-order valence-electron chi connectivity index (χ2n) is 6.06. The standard InChI is InChI=1S/C21H16N4O3/c22-13-14-2-1-3-15(10-14)24-17-6-7-23-18(11-17)21(26)25-16-4-5-19-20(12-16)28-9-8-27-19/h1-7,10-12H,8-9H2,(H,23,24)(H,25,26). The van der Waals surface area contributed by atoms with Crippen molar-refractivity contribution in [2.75, 3.05) is 23.8 Å². The van der Waals surface area contributed by atoms with Crippen LogP contribution in [0.2, 0.25) is 0 Å². The Balaban J connectivity index is 1.49. The van der Waals surface area contributed by atoms with Crippen molar-refractivity contribution in [3.63, 3.8) is 0 Å². The number of anilines is 3. The van der Waals surface area contributed by atoms with Gasteiger partial charge in [-0.05, 0) is 42.5 Å². The zero-order chi connectivity index (χ0) is 19.3. The number of ether oxygens (including phenoxy) is 2. The number of nitrogens with one attached hydrogen (secondary N) is 2. The van der Waals surface area contributed by atoms with Crippen LogP contribution < -0.4 is 20.1 Å². The normalized spacial score (nSPS) is 12.0. The van der Waals surface area contributed by atoms with Crippen LogP contribution in [0.25, 0.3) is 0 Å². The number of carbonyl (C=O) groups is 1. The van der Waals surface area contributed by atoms with Crippen LogP contribution in [0, 0.1) is 11.3 Å². The molecule has 2 N–H and O–H groups in total. The maximum absolute atomic E-state index is 12.6. The van der Waals surface area contributed by atoms with Gasteiger partial charge in [-0.2, -0.15) is 5.26 Å². The number of aromatic nitrogens is 1. The molecule has 2 heterocycles. The summed E-state index contributed by atoms with van der Waals surface area (Å²) in [7, 11) is 0. The molecule has 1 aromatic heterocycles. The van der Waals surface area contributed by atoms with E-state index in [1.54, 1.807) is 54.7 Å². The fourth-order valence-corrected chi connectivity index (χ4v) is 2.78. The van der Waals surface area contributed by atoms with Gasteiger partial charge in [0, 0.05) is 29.3 Å². The Morgan fingerprint density at radius 2 is 1.79 bits per heavy atom. The minimum Gasteiger partial charge on any atom is -0.486 e. The number of pyridine rings is 1. The maximum Gasteiger partial charge on any atom is 0.274 e. The number of hydrogen-bond donors (Lipinski definition) is 2. The van der Waals surface area contributed by atoms with Gasteiger partial charge in [-0.1, -0.05) is 6.07 Å². The monoisotopic (exact) mass is 372 g/mol. The van der Waals surface area contributed by atoms with Crippen molar-refractivity contribution < 1.29 is 14.3 Å². The Hall–Kier alpha value is -4.05. The molecule has 7 heteroatoms. The smallest absolute Gasteiger partial charge is 0.274 e. The molecule has 0 fully saturated rings. The third kappa shape index (κ3) is 3.86. The van der Waals surface area contributed by atoms with Crippen molar-refractivity contribution in [2.24, 2.45) is 0 Å². The van der Waals surface area contributed by atoms with Gasteiger partial charge in [0.25, 0.3) is 5.91 Å². The quantitative estimate of drug-likeness (QED) is 0.725. The Morgan fingerprint density at radius 1 is 0.964 bits per heavy atom. The summed E-state index contributed by atoms with van der Waals surface area (Å²) in [6.45, 7) is 0.992. The van der Waals surface area contributed by atoms with Crippen molar-refractivity contribution >= 4 is 23.0 Å². The van der Waals surface area contributed by atoms with E-state index < -0.39 is 0 Å². The number of rotatable bonds is 4. The minimum absolute atomic E-state index is 0.260. The first-order chi connectivity index (χ1) is 13.7. The molecule has 1 aliphatic heterocycles. The lowest BCUT2D eigenvalue weighted by Gasteiger charge is -2.19. The lowest BCUT2D eigenvalue weighted by molar-refractivity contribution is 0.102. The van der Waals surface area contributed by atoms with Crippen LogP contribution in [0.3, 0.4) is 0 Å². The van der Waals surface area contributed by atoms with E-state index in [0.717, 1.165) is 5.69 Å². The predicted molar refractivity (Wildman–Crippen MR) is 104 cm³/mol. The first kappa shape index (κ1) is 17.4. The van der Waals surface area contributed by atoms with Crippen LogP contribution >= 0.6 is 0 Å². The van der Waals surface area contributed by atoms with Gasteiger partial charge in [0.2, 0.25) is 0 Å². The Bertz CT molecular complexity index is 1080. The van der Waals surface area contributed by atoms with E-state index >= 15 is 0 Å². The SMILES string of the molecule is N#Cc1cccc(Nc2ccnc(C(=O)Nc3ccc4c(c3)OCCO4)c2)c1. The fraction of sp³-hybridized carbons (Fsp3) is 0.0952. The van der Waals surface area contributed by atoms with E-state index in [-0.39, 0.29) is 11.6 Å². The number of benzene rings is 2. The van der Waals surface area contributed by atoms with Gasteiger partial charge in [0.05, 0.1) is 11.6 Å². The van der Waals surface area contributed by atoms with Crippen LogP contribution in [-0.4, -0.2) is 24.1 Å². The largest absolute Gasteiger partial charge is 0.486 e. The lowest BCUT2D eigenvalue weighted by Crippen LogP contribution is -2.17. The Kier molecular flexibility index (Phi) is 4.76. The molecule has 0 saturated heterocycles. The molecular formula is C21H16N4O3. The first-order valence-electron chi connectivity index (χ1n) is 8.65. The van der Waals surface area contributed by atoms with Gasteiger partial charge in [-0.15, -0.1) is 0 Å². The molecule has 7 nitrogen and oxygen atoms in total. The average Bonchev–Trinajstić information content (AvgIpc) is 2.74. The summed E-state index contributed by atoms with van der Waals surface area (Å²) < 4.78 is 11.0. The second-order valence-corrected chi connectivity index (χ2v) is 6.06. The van der Waals surface area contributed by atoms with Crippen molar-refractivity contribution in [3.05, 3.63) is 72.1 Å². The van der Waals surface area contributed by atoms with Crippen LogP contribution in [-0.2, 0) is 0 Å². The van der Waals surface area contributed by atoms with Crippen molar-refractivity contribution in [1.29, 1.82) is 5.26 Å². The van der Waals surface area contributed by atoms with Gasteiger partial charge in [0.1, 0.15) is 18.9 Å². The summed E-state index contributed by atoms with van der Waals surface area (Å²) in [4.78, 5) is 16.7. The molecule has 0 atom stereocenters. The predicted octanol–water partition coefficient (Wildman–Crippen LogP) is 3.72. The molecule has 138 valence electrons. The van der Waals surface area contributed by atoms with E-state index in [1.807, 2.05) is 6.07 Å². The zero-order valence-corrected chi connectivity index (χ0v) is 14.8. The molecule has 2 aromatic carbocycles. The minimum atomic E-state index is -0.342. The summed E-state index contributed by atoms with van der Waals surface area (Å²) in [5.41, 5.74) is 2.85. The van der Waals surface area contributed by atoms with E-state index in [4.69, 9.17) is 14.7 Å². The third-order valence-corrected chi connectivity index (χ3v) is 4.07. The second kappa shape index (κ2) is 7.68. The Labute approximate surface area is 161 Å². The zero-order valence-electron chi connectivity index (χ0n) is 14.8. The van der Waals surface area contributed by atoms with Gasteiger partial charge in [0.15, 0.2) is 11.5 Å². The third-order valence-electron chi connectivity index (χ3n) is 4.07. The Morgan fingerprint density at radius 3 is 2.64 bits per heavy atom. The highest BCUT2D eigenvalue weighted by molar-refractivity contribution is 6.03. The molecule has 0 unspecified atom stereocenters. The molecule has 0 bridgehead atoms. The lowest BCUT2D eigenvalue weighted by atomic mass is 10.2. The van der Waals surface area contributed by atoms with E-state index in [1.165, 1.54) is 0 Å². The van der Waals surface area contributed by atoms with Crippen LogP contribution in [0.5, 0.6) is 11.5 Å². The summed E-state index contributed by atoms with van der Waals surface area (Å²) in [5, 5.41) is 15.0. The number of fused-ring (bicyclic) bond motifs is 1. The van der Waals surface area contributed by atoms with E-state index in [9.17, 15) is 4.79 Å². The number of carbonyl (C=O) groups excluding carboxylic acids is 1. The molecular weight excluding hydrogens is 356 g/mol. The summed E-state index contributed by atoms with van der Waals surface area (Å²) >= 11 is 0.